The zero-order valence-electron chi connectivity index (χ0n) is 10.0. The number of rotatable bonds is 3. The molecule has 0 bridgehead atoms. The fourth-order valence-electron chi connectivity index (χ4n) is 2.04. The number of benzene rings is 1. The van der Waals surface area contributed by atoms with Crippen molar-refractivity contribution < 1.29 is 4.79 Å². The van der Waals surface area contributed by atoms with E-state index in [-0.39, 0.29) is 11.2 Å². The van der Waals surface area contributed by atoms with Gasteiger partial charge in [0.2, 0.25) is 5.91 Å². The van der Waals surface area contributed by atoms with Crippen LogP contribution in [-0.4, -0.2) is 16.5 Å². The zero-order valence-corrected chi connectivity index (χ0v) is 12.5. The van der Waals surface area contributed by atoms with Crippen molar-refractivity contribution in [3.63, 3.8) is 0 Å². The molecule has 0 saturated heterocycles. The highest BCUT2D eigenvalue weighted by Crippen LogP contribution is 2.39. The first kappa shape index (κ1) is 13.0. The summed E-state index contributed by atoms with van der Waals surface area (Å²) in [6.45, 7) is 4.14. The molecule has 1 N–H and O–H groups in total. The van der Waals surface area contributed by atoms with E-state index in [9.17, 15) is 4.79 Å². The molecule has 0 fully saturated rings. The monoisotopic (exact) mass is 313 g/mol. The van der Waals surface area contributed by atoms with E-state index in [0.717, 1.165) is 29.4 Å². The van der Waals surface area contributed by atoms with Crippen LogP contribution in [-0.2, 0) is 4.79 Å². The Morgan fingerprint density at radius 2 is 2.18 bits per heavy atom. The quantitative estimate of drug-likeness (QED) is 0.858. The molecule has 0 saturated carbocycles. The molecule has 1 aliphatic heterocycles. The van der Waals surface area contributed by atoms with Crippen molar-refractivity contribution >= 4 is 39.3 Å². The van der Waals surface area contributed by atoms with E-state index in [2.05, 4.69) is 40.3 Å². The maximum absolute atomic E-state index is 12.0. The molecule has 1 aromatic rings. The average molecular weight is 314 g/mol. The van der Waals surface area contributed by atoms with Crippen molar-refractivity contribution in [3.05, 3.63) is 23.3 Å². The van der Waals surface area contributed by atoms with Gasteiger partial charge in [-0.25, -0.2) is 0 Å². The fraction of sp³-hybridized carbons (Fsp3) is 0.462. The van der Waals surface area contributed by atoms with Crippen LogP contribution >= 0.6 is 27.7 Å². The summed E-state index contributed by atoms with van der Waals surface area (Å²) in [5.41, 5.74) is 3.41. The van der Waals surface area contributed by atoms with Crippen LogP contribution in [0.3, 0.4) is 0 Å². The molecule has 0 spiro atoms. The first-order chi connectivity index (χ1) is 8.11. The van der Waals surface area contributed by atoms with Crippen molar-refractivity contribution in [2.75, 3.05) is 10.6 Å². The topological polar surface area (TPSA) is 29.1 Å². The molecule has 0 aliphatic carbocycles. The lowest BCUT2D eigenvalue weighted by Crippen LogP contribution is -2.29. The highest BCUT2D eigenvalue weighted by molar-refractivity contribution is 9.09. The molecule has 1 aliphatic rings. The number of carbonyl (C=O) groups excluding carboxylic acids is 1. The number of amides is 1. The third kappa shape index (κ3) is 2.86. The lowest BCUT2D eigenvalue weighted by atomic mass is 10.1. The number of fused-ring (bicyclic) bond motifs is 1. The van der Waals surface area contributed by atoms with Crippen LogP contribution in [0, 0.1) is 13.8 Å². The minimum atomic E-state index is 0.0567. The highest BCUT2D eigenvalue weighted by Gasteiger charge is 2.27. The van der Waals surface area contributed by atoms with Crippen LogP contribution in [0.15, 0.2) is 17.0 Å². The minimum absolute atomic E-state index is 0.0567. The molecular formula is C13H16BrNOS. The first-order valence-corrected chi connectivity index (χ1v) is 7.76. The van der Waals surface area contributed by atoms with Gasteiger partial charge in [0.1, 0.15) is 0 Å². The smallest absolute Gasteiger partial charge is 0.237 e. The Bertz CT molecular complexity index is 447. The first-order valence-electron chi connectivity index (χ1n) is 5.76. The Morgan fingerprint density at radius 3 is 2.88 bits per heavy atom. The Labute approximate surface area is 115 Å². The van der Waals surface area contributed by atoms with Gasteiger partial charge in [0.15, 0.2) is 0 Å². The van der Waals surface area contributed by atoms with Gasteiger partial charge in [-0.15, -0.1) is 11.8 Å². The third-order valence-corrected chi connectivity index (χ3v) is 4.72. The summed E-state index contributed by atoms with van der Waals surface area (Å²) < 4.78 is 0. The molecule has 4 heteroatoms. The van der Waals surface area contributed by atoms with E-state index >= 15 is 0 Å². The van der Waals surface area contributed by atoms with Gasteiger partial charge in [-0.2, -0.15) is 0 Å². The molecule has 0 aromatic heterocycles. The van der Waals surface area contributed by atoms with Gasteiger partial charge in [-0.3, -0.25) is 4.79 Å². The third-order valence-electron chi connectivity index (χ3n) is 2.85. The molecule has 0 radical (unpaired) electrons. The molecule has 17 heavy (non-hydrogen) atoms. The standard InChI is InChI=1S/C13H16BrNOS/c1-8-6-9(2)12-11(7-8)17-10(4-3-5-14)13(16)15-12/h6-7,10H,3-5H2,1-2H3,(H,15,16). The summed E-state index contributed by atoms with van der Waals surface area (Å²) in [5.74, 6) is 0.149. The molecule has 1 unspecified atom stereocenters. The summed E-state index contributed by atoms with van der Waals surface area (Å²) >= 11 is 5.11. The summed E-state index contributed by atoms with van der Waals surface area (Å²) in [5, 5.41) is 4.05. The molecule has 1 aromatic carbocycles. The Morgan fingerprint density at radius 1 is 1.41 bits per heavy atom. The predicted octanol–water partition coefficient (Wildman–Crippen LogP) is 3.89. The summed E-state index contributed by atoms with van der Waals surface area (Å²) in [7, 11) is 0. The molecule has 2 nitrogen and oxygen atoms in total. The number of thioether (sulfide) groups is 1. The van der Waals surface area contributed by atoms with E-state index in [4.69, 9.17) is 0 Å². The Kier molecular flexibility index (Phi) is 4.15. The van der Waals surface area contributed by atoms with Gasteiger partial charge in [0.25, 0.3) is 0 Å². The largest absolute Gasteiger partial charge is 0.324 e. The number of halogens is 1. The van der Waals surface area contributed by atoms with E-state index in [1.165, 1.54) is 10.5 Å². The molecule has 2 rings (SSSR count). The van der Waals surface area contributed by atoms with Crippen LogP contribution in [0.1, 0.15) is 24.0 Å². The minimum Gasteiger partial charge on any atom is -0.324 e. The molecule has 1 heterocycles. The van der Waals surface area contributed by atoms with Crippen LogP contribution in [0.2, 0.25) is 0 Å². The second kappa shape index (κ2) is 5.44. The van der Waals surface area contributed by atoms with E-state index < -0.39 is 0 Å². The number of aryl methyl sites for hydroxylation is 2. The van der Waals surface area contributed by atoms with Crippen molar-refractivity contribution in [1.82, 2.24) is 0 Å². The van der Waals surface area contributed by atoms with E-state index in [1.54, 1.807) is 11.8 Å². The molecular weight excluding hydrogens is 298 g/mol. The van der Waals surface area contributed by atoms with Gasteiger partial charge in [0, 0.05) is 10.2 Å². The summed E-state index contributed by atoms with van der Waals surface area (Å²) in [6, 6.07) is 4.27. The van der Waals surface area contributed by atoms with Crippen molar-refractivity contribution in [3.8, 4) is 0 Å². The lowest BCUT2D eigenvalue weighted by molar-refractivity contribution is -0.115. The Hall–Kier alpha value is -0.480. The van der Waals surface area contributed by atoms with E-state index in [1.807, 2.05) is 6.92 Å². The average Bonchev–Trinajstić information content (AvgIpc) is 2.27. The van der Waals surface area contributed by atoms with Crippen LogP contribution in [0.5, 0.6) is 0 Å². The highest BCUT2D eigenvalue weighted by atomic mass is 79.9. The van der Waals surface area contributed by atoms with Gasteiger partial charge in [-0.05, 0) is 43.9 Å². The maximum atomic E-state index is 12.0. The van der Waals surface area contributed by atoms with Gasteiger partial charge in [0.05, 0.1) is 10.9 Å². The van der Waals surface area contributed by atoms with Gasteiger partial charge < -0.3 is 5.32 Å². The summed E-state index contributed by atoms with van der Waals surface area (Å²) in [6.07, 6.45) is 1.96. The number of hydrogen-bond acceptors (Lipinski definition) is 2. The predicted molar refractivity (Wildman–Crippen MR) is 77.2 cm³/mol. The number of anilines is 1. The molecule has 1 amide bonds. The molecule has 92 valence electrons. The lowest BCUT2D eigenvalue weighted by Gasteiger charge is -2.25. The number of nitrogens with one attached hydrogen (secondary N) is 1. The van der Waals surface area contributed by atoms with Crippen molar-refractivity contribution in [2.24, 2.45) is 0 Å². The number of hydrogen-bond donors (Lipinski definition) is 1. The second-order valence-electron chi connectivity index (χ2n) is 4.38. The maximum Gasteiger partial charge on any atom is 0.237 e. The van der Waals surface area contributed by atoms with Crippen LogP contribution in [0.4, 0.5) is 5.69 Å². The van der Waals surface area contributed by atoms with Crippen molar-refractivity contribution in [1.29, 1.82) is 0 Å². The van der Waals surface area contributed by atoms with Crippen LogP contribution in [0.25, 0.3) is 0 Å². The van der Waals surface area contributed by atoms with E-state index in [0.29, 0.717) is 0 Å². The molecule has 1 atom stereocenters. The van der Waals surface area contributed by atoms with Crippen LogP contribution < -0.4 is 5.32 Å². The fourth-order valence-corrected chi connectivity index (χ4v) is 3.71. The SMILES string of the molecule is Cc1cc(C)c2c(c1)SC(CCCBr)C(=O)N2. The second-order valence-corrected chi connectivity index (χ2v) is 6.42. The van der Waals surface area contributed by atoms with Gasteiger partial charge >= 0.3 is 0 Å². The van der Waals surface area contributed by atoms with Gasteiger partial charge in [-0.1, -0.05) is 22.0 Å². The zero-order chi connectivity index (χ0) is 12.4. The normalized spacial score (nSPS) is 18.8. The number of alkyl halides is 1. The Balaban J connectivity index is 2.24. The number of carbonyl (C=O) groups is 1. The summed E-state index contributed by atoms with van der Waals surface area (Å²) in [4.78, 5) is 13.2. The van der Waals surface area contributed by atoms with Crippen molar-refractivity contribution in [2.45, 2.75) is 36.8 Å².